The molecule has 1 heterocycles. The van der Waals surface area contributed by atoms with Gasteiger partial charge >= 0.3 is 0 Å². The topological polar surface area (TPSA) is 53.8 Å². The standard InChI is InChI=1S/C23H14N2OS/c24-15-19(23-25-22(26)20-8-4-5-9-21(20)27-23)14-16-10-12-18(13-11-16)17-6-2-1-3-7-17/h1-14H. The maximum absolute atomic E-state index is 12.2. The fourth-order valence-electron chi connectivity index (χ4n) is 2.84. The van der Waals surface area contributed by atoms with Crippen LogP contribution in [-0.2, 0) is 0 Å². The Labute approximate surface area is 160 Å². The van der Waals surface area contributed by atoms with Crippen molar-refractivity contribution in [1.29, 1.82) is 5.26 Å². The van der Waals surface area contributed by atoms with Gasteiger partial charge in [-0.2, -0.15) is 10.2 Å². The number of rotatable bonds is 3. The van der Waals surface area contributed by atoms with Crippen molar-refractivity contribution in [3.63, 3.8) is 0 Å². The summed E-state index contributed by atoms with van der Waals surface area (Å²) in [6.07, 6.45) is 1.77. The second kappa shape index (κ2) is 7.36. The first-order valence-electron chi connectivity index (χ1n) is 8.42. The van der Waals surface area contributed by atoms with Crippen molar-refractivity contribution in [3.8, 4) is 17.2 Å². The minimum absolute atomic E-state index is 0.306. The van der Waals surface area contributed by atoms with Crippen molar-refractivity contribution < 1.29 is 0 Å². The third-order valence-electron chi connectivity index (χ3n) is 4.21. The summed E-state index contributed by atoms with van der Waals surface area (Å²) in [6, 6.07) is 27.6. The molecule has 0 saturated heterocycles. The fourth-order valence-corrected chi connectivity index (χ4v) is 3.80. The van der Waals surface area contributed by atoms with E-state index in [1.807, 2.05) is 60.7 Å². The predicted octanol–water partition coefficient (Wildman–Crippen LogP) is 5.39. The van der Waals surface area contributed by atoms with E-state index in [9.17, 15) is 10.1 Å². The molecule has 0 fully saturated rings. The van der Waals surface area contributed by atoms with Crippen molar-refractivity contribution in [2.75, 3.05) is 0 Å². The molecule has 3 nitrogen and oxygen atoms in total. The Morgan fingerprint density at radius 2 is 1.56 bits per heavy atom. The van der Waals surface area contributed by atoms with Crippen LogP contribution in [0.25, 0.3) is 32.9 Å². The molecule has 4 rings (SSSR count). The molecule has 4 heteroatoms. The Kier molecular flexibility index (Phi) is 4.61. The van der Waals surface area contributed by atoms with Crippen molar-refractivity contribution in [2.45, 2.75) is 0 Å². The van der Waals surface area contributed by atoms with E-state index >= 15 is 0 Å². The van der Waals surface area contributed by atoms with Gasteiger partial charge in [-0.25, -0.2) is 0 Å². The highest BCUT2D eigenvalue weighted by Gasteiger charge is 2.09. The molecule has 0 bridgehead atoms. The molecule has 1 aromatic heterocycles. The second-order valence-corrected chi connectivity index (χ2v) is 7.01. The lowest BCUT2D eigenvalue weighted by molar-refractivity contribution is 1.28. The van der Waals surface area contributed by atoms with Crippen LogP contribution in [0.3, 0.4) is 0 Å². The van der Waals surface area contributed by atoms with Gasteiger partial charge in [0.15, 0.2) is 0 Å². The van der Waals surface area contributed by atoms with Gasteiger partial charge in [0.05, 0.1) is 11.0 Å². The lowest BCUT2D eigenvalue weighted by Crippen LogP contribution is -2.07. The molecule has 0 N–H and O–H groups in total. The van der Waals surface area contributed by atoms with Gasteiger partial charge in [0, 0.05) is 4.70 Å². The van der Waals surface area contributed by atoms with Gasteiger partial charge in [0.1, 0.15) is 11.1 Å². The number of benzene rings is 3. The van der Waals surface area contributed by atoms with E-state index in [0.717, 1.165) is 21.4 Å². The number of allylic oxidation sites excluding steroid dienone is 1. The van der Waals surface area contributed by atoms with Gasteiger partial charge in [-0.05, 0) is 34.9 Å². The van der Waals surface area contributed by atoms with Crippen molar-refractivity contribution in [1.82, 2.24) is 4.98 Å². The van der Waals surface area contributed by atoms with E-state index in [4.69, 9.17) is 0 Å². The Morgan fingerprint density at radius 1 is 0.889 bits per heavy atom. The second-order valence-electron chi connectivity index (χ2n) is 5.98. The zero-order chi connectivity index (χ0) is 18.6. The lowest BCUT2D eigenvalue weighted by atomic mass is 10.0. The average molecular weight is 366 g/mol. The number of hydrogen-bond acceptors (Lipinski definition) is 4. The van der Waals surface area contributed by atoms with Crippen molar-refractivity contribution in [2.24, 2.45) is 0 Å². The molecule has 27 heavy (non-hydrogen) atoms. The third-order valence-corrected chi connectivity index (χ3v) is 5.29. The van der Waals surface area contributed by atoms with Crippen LogP contribution in [0.1, 0.15) is 10.6 Å². The van der Waals surface area contributed by atoms with E-state index in [2.05, 4.69) is 23.2 Å². The van der Waals surface area contributed by atoms with Gasteiger partial charge in [-0.15, -0.1) is 11.3 Å². The quantitative estimate of drug-likeness (QED) is 0.457. The molecule has 0 aliphatic carbocycles. The van der Waals surface area contributed by atoms with Gasteiger partial charge in [0.2, 0.25) is 0 Å². The molecule has 0 amide bonds. The summed E-state index contributed by atoms with van der Waals surface area (Å²) in [7, 11) is 0. The van der Waals surface area contributed by atoms with E-state index in [0.29, 0.717) is 16.0 Å². The largest absolute Gasteiger partial charge is 0.279 e. The molecule has 0 radical (unpaired) electrons. The number of nitriles is 1. The highest BCUT2D eigenvalue weighted by Crippen LogP contribution is 2.25. The average Bonchev–Trinajstić information content (AvgIpc) is 2.73. The summed E-state index contributed by atoms with van der Waals surface area (Å²) in [5, 5.41) is 10.6. The Bertz CT molecular complexity index is 1230. The minimum atomic E-state index is -0.306. The summed E-state index contributed by atoms with van der Waals surface area (Å²) in [5.74, 6) is 0. The Balaban J connectivity index is 1.72. The lowest BCUT2D eigenvalue weighted by Gasteiger charge is -2.03. The first-order valence-corrected chi connectivity index (χ1v) is 9.24. The molecule has 128 valence electrons. The summed E-state index contributed by atoms with van der Waals surface area (Å²) in [5.41, 5.74) is 3.22. The van der Waals surface area contributed by atoms with Crippen LogP contribution in [0.5, 0.6) is 0 Å². The van der Waals surface area contributed by atoms with Crippen LogP contribution < -0.4 is 5.56 Å². The predicted molar refractivity (Wildman–Crippen MR) is 111 cm³/mol. The van der Waals surface area contributed by atoms with Gasteiger partial charge in [0.25, 0.3) is 5.56 Å². The first kappa shape index (κ1) is 16.9. The molecule has 0 spiro atoms. The normalized spacial score (nSPS) is 11.3. The molecular formula is C23H14N2OS. The number of aromatic nitrogens is 1. The summed E-state index contributed by atoms with van der Waals surface area (Å²) in [6.45, 7) is 0. The van der Waals surface area contributed by atoms with Gasteiger partial charge < -0.3 is 0 Å². The molecule has 0 aliphatic heterocycles. The van der Waals surface area contributed by atoms with Crippen molar-refractivity contribution >= 4 is 33.1 Å². The highest BCUT2D eigenvalue weighted by molar-refractivity contribution is 7.19. The van der Waals surface area contributed by atoms with Crippen LogP contribution in [0, 0.1) is 11.3 Å². The van der Waals surface area contributed by atoms with E-state index in [-0.39, 0.29) is 5.56 Å². The monoisotopic (exact) mass is 366 g/mol. The number of nitrogens with zero attached hydrogens (tertiary/aromatic N) is 2. The van der Waals surface area contributed by atoms with E-state index < -0.39 is 0 Å². The fraction of sp³-hybridized carbons (Fsp3) is 0. The SMILES string of the molecule is N#CC(=Cc1ccc(-c2ccccc2)cc1)c1nc(=O)c2ccccc2s1. The minimum Gasteiger partial charge on any atom is -0.267 e. The molecule has 0 saturated carbocycles. The van der Waals surface area contributed by atoms with Crippen LogP contribution in [0.2, 0.25) is 0 Å². The number of fused-ring (bicyclic) bond motifs is 1. The Hall–Kier alpha value is -3.55. The molecule has 3 aromatic carbocycles. The molecule has 0 atom stereocenters. The van der Waals surface area contributed by atoms with Crippen LogP contribution in [0.4, 0.5) is 0 Å². The number of hydrogen-bond donors (Lipinski definition) is 0. The van der Waals surface area contributed by atoms with Gasteiger partial charge in [-0.3, -0.25) is 4.79 Å². The molecule has 0 unspecified atom stereocenters. The van der Waals surface area contributed by atoms with E-state index in [1.165, 1.54) is 11.3 Å². The van der Waals surface area contributed by atoms with Gasteiger partial charge in [-0.1, -0.05) is 66.7 Å². The smallest absolute Gasteiger partial charge is 0.267 e. The van der Waals surface area contributed by atoms with Crippen LogP contribution in [-0.4, -0.2) is 4.98 Å². The zero-order valence-electron chi connectivity index (χ0n) is 14.3. The molecular weight excluding hydrogens is 352 g/mol. The summed E-state index contributed by atoms with van der Waals surface area (Å²) >= 11 is 1.35. The zero-order valence-corrected chi connectivity index (χ0v) is 15.1. The maximum Gasteiger partial charge on any atom is 0.279 e. The third kappa shape index (κ3) is 3.55. The van der Waals surface area contributed by atoms with Crippen molar-refractivity contribution in [3.05, 3.63) is 99.8 Å². The summed E-state index contributed by atoms with van der Waals surface area (Å²) < 4.78 is 0.827. The Morgan fingerprint density at radius 3 is 2.30 bits per heavy atom. The molecule has 4 aromatic rings. The van der Waals surface area contributed by atoms with E-state index in [1.54, 1.807) is 12.1 Å². The highest BCUT2D eigenvalue weighted by atomic mass is 32.1. The maximum atomic E-state index is 12.2. The van der Waals surface area contributed by atoms with Crippen LogP contribution in [0.15, 0.2) is 83.7 Å². The van der Waals surface area contributed by atoms with Crippen LogP contribution >= 0.6 is 11.3 Å². The summed E-state index contributed by atoms with van der Waals surface area (Å²) in [4.78, 5) is 16.3. The first-order chi connectivity index (χ1) is 13.2. The molecule has 0 aliphatic rings.